The largest absolute Gasteiger partial charge is 0.346 e. The first kappa shape index (κ1) is 19.2. The van der Waals surface area contributed by atoms with Gasteiger partial charge < -0.3 is 10.6 Å². The Balaban J connectivity index is 3.12. The van der Waals surface area contributed by atoms with Crippen LogP contribution in [0.1, 0.15) is 47.1 Å². The predicted octanol–water partition coefficient (Wildman–Crippen LogP) is 3.76. The highest BCUT2D eigenvalue weighted by Gasteiger charge is 2.25. The van der Waals surface area contributed by atoms with Crippen LogP contribution < -0.4 is 10.6 Å². The Kier molecular flexibility index (Phi) is 6.00. The first-order valence-electron chi connectivity index (χ1n) is 7.50. The van der Waals surface area contributed by atoms with E-state index in [9.17, 15) is 9.59 Å². The number of rotatable bonds is 3. The van der Waals surface area contributed by atoms with Crippen molar-refractivity contribution >= 4 is 29.5 Å². The maximum atomic E-state index is 12.5. The molecule has 2 N–H and O–H groups in total. The number of amides is 2. The van der Waals surface area contributed by atoms with Crippen molar-refractivity contribution in [2.45, 2.75) is 47.1 Å². The molecule has 5 heteroatoms. The molecule has 0 aromatic heterocycles. The van der Waals surface area contributed by atoms with E-state index in [1.807, 2.05) is 20.8 Å². The predicted molar refractivity (Wildman–Crippen MR) is 94.9 cm³/mol. The van der Waals surface area contributed by atoms with Crippen LogP contribution in [0.3, 0.4) is 0 Å². The number of hydrogen-bond acceptors (Lipinski definition) is 2. The van der Waals surface area contributed by atoms with E-state index in [4.69, 9.17) is 11.6 Å². The Morgan fingerprint density at radius 1 is 1.00 bits per heavy atom. The third-order valence-corrected chi connectivity index (χ3v) is 3.10. The summed E-state index contributed by atoms with van der Waals surface area (Å²) in [6.07, 6.45) is 1.64. The minimum Gasteiger partial charge on any atom is -0.346 e. The van der Waals surface area contributed by atoms with Gasteiger partial charge in [0.05, 0.1) is 0 Å². The number of hydrogen-bond donors (Lipinski definition) is 2. The molecule has 0 unspecified atom stereocenters. The van der Waals surface area contributed by atoms with Crippen LogP contribution in [0, 0.1) is 5.41 Å². The summed E-state index contributed by atoms with van der Waals surface area (Å²) in [6, 6.07) is 7.04. The molecular weight excluding hydrogens is 312 g/mol. The molecule has 0 saturated heterocycles. The summed E-state index contributed by atoms with van der Waals surface area (Å²) in [5.74, 6) is -0.549. The standard InChI is InChI=1S/C18H25ClN2O2/c1-17(2,3)16(23)20-14(15(22)21-18(4,5)6)11-12-7-9-13(19)10-8-12/h7-11H,1-6H3,(H,20,23)(H,21,22)/b14-11+. The summed E-state index contributed by atoms with van der Waals surface area (Å²) >= 11 is 5.87. The van der Waals surface area contributed by atoms with E-state index < -0.39 is 11.0 Å². The van der Waals surface area contributed by atoms with Crippen LogP contribution in [0.15, 0.2) is 30.0 Å². The van der Waals surface area contributed by atoms with E-state index >= 15 is 0 Å². The van der Waals surface area contributed by atoms with E-state index in [1.165, 1.54) is 0 Å². The van der Waals surface area contributed by atoms with Gasteiger partial charge in [0.2, 0.25) is 5.91 Å². The lowest BCUT2D eigenvalue weighted by molar-refractivity contribution is -0.129. The van der Waals surface area contributed by atoms with Gasteiger partial charge in [0.1, 0.15) is 5.70 Å². The highest BCUT2D eigenvalue weighted by atomic mass is 35.5. The third-order valence-electron chi connectivity index (χ3n) is 2.84. The first-order chi connectivity index (χ1) is 10.4. The fourth-order valence-electron chi connectivity index (χ4n) is 1.60. The maximum absolute atomic E-state index is 12.5. The van der Waals surface area contributed by atoms with E-state index in [0.29, 0.717) is 5.02 Å². The van der Waals surface area contributed by atoms with Crippen molar-refractivity contribution in [3.63, 3.8) is 0 Å². The lowest BCUT2D eigenvalue weighted by Crippen LogP contribution is -2.46. The SMILES string of the molecule is CC(C)(C)NC(=O)/C(=C\c1ccc(Cl)cc1)NC(=O)C(C)(C)C. The number of nitrogens with one attached hydrogen (secondary N) is 2. The van der Waals surface area contributed by atoms with Crippen molar-refractivity contribution in [3.05, 3.63) is 40.5 Å². The number of halogens is 1. The number of carbonyl (C=O) groups is 2. The lowest BCUT2D eigenvalue weighted by atomic mass is 9.95. The zero-order chi connectivity index (χ0) is 17.8. The van der Waals surface area contributed by atoms with Gasteiger partial charge in [-0.05, 0) is 44.5 Å². The molecule has 0 bridgehead atoms. The molecule has 1 rings (SSSR count). The zero-order valence-electron chi connectivity index (χ0n) is 14.6. The Labute approximate surface area is 143 Å². The van der Waals surface area contributed by atoms with E-state index in [2.05, 4.69) is 10.6 Å². The number of carbonyl (C=O) groups excluding carboxylic acids is 2. The summed E-state index contributed by atoms with van der Waals surface area (Å²) in [5, 5.41) is 6.19. The summed E-state index contributed by atoms with van der Waals surface area (Å²) in [4.78, 5) is 24.7. The van der Waals surface area contributed by atoms with E-state index in [-0.39, 0.29) is 17.5 Å². The Hall–Kier alpha value is -1.81. The molecule has 2 amide bonds. The molecule has 0 fully saturated rings. The molecule has 1 aromatic carbocycles. The maximum Gasteiger partial charge on any atom is 0.268 e. The molecule has 0 aliphatic heterocycles. The molecule has 0 aliphatic carbocycles. The van der Waals surface area contributed by atoms with Crippen molar-refractivity contribution in [3.8, 4) is 0 Å². The van der Waals surface area contributed by atoms with Crippen LogP contribution in [0.2, 0.25) is 5.02 Å². The molecular formula is C18H25ClN2O2. The molecule has 1 aromatic rings. The van der Waals surface area contributed by atoms with E-state index in [0.717, 1.165) is 5.56 Å². The molecule has 0 spiro atoms. The van der Waals surface area contributed by atoms with Crippen molar-refractivity contribution in [2.75, 3.05) is 0 Å². The van der Waals surface area contributed by atoms with Gasteiger partial charge in [-0.3, -0.25) is 9.59 Å². The first-order valence-corrected chi connectivity index (χ1v) is 7.87. The van der Waals surface area contributed by atoms with Gasteiger partial charge in [0.25, 0.3) is 5.91 Å². The van der Waals surface area contributed by atoms with Gasteiger partial charge in [-0.1, -0.05) is 44.5 Å². The van der Waals surface area contributed by atoms with Crippen LogP contribution in [0.4, 0.5) is 0 Å². The zero-order valence-corrected chi connectivity index (χ0v) is 15.3. The average molecular weight is 337 g/mol. The second kappa shape index (κ2) is 7.18. The highest BCUT2D eigenvalue weighted by molar-refractivity contribution is 6.30. The summed E-state index contributed by atoms with van der Waals surface area (Å²) in [7, 11) is 0. The van der Waals surface area contributed by atoms with E-state index in [1.54, 1.807) is 51.1 Å². The van der Waals surface area contributed by atoms with Gasteiger partial charge in [0.15, 0.2) is 0 Å². The van der Waals surface area contributed by atoms with Crippen molar-refractivity contribution in [1.29, 1.82) is 0 Å². The summed E-state index contributed by atoms with van der Waals surface area (Å²) in [6.45, 7) is 11.0. The van der Waals surface area contributed by atoms with Crippen molar-refractivity contribution in [2.24, 2.45) is 5.41 Å². The average Bonchev–Trinajstić information content (AvgIpc) is 2.37. The fraction of sp³-hybridized carbons (Fsp3) is 0.444. The fourth-order valence-corrected chi connectivity index (χ4v) is 1.73. The minimum atomic E-state index is -0.596. The van der Waals surface area contributed by atoms with Gasteiger partial charge in [-0.25, -0.2) is 0 Å². The van der Waals surface area contributed by atoms with Crippen LogP contribution in [0.5, 0.6) is 0 Å². The molecule has 0 saturated carbocycles. The van der Waals surface area contributed by atoms with Gasteiger partial charge in [-0.2, -0.15) is 0 Å². The molecule has 0 radical (unpaired) electrons. The van der Waals surface area contributed by atoms with Crippen molar-refractivity contribution in [1.82, 2.24) is 10.6 Å². The normalized spacial score (nSPS) is 12.7. The topological polar surface area (TPSA) is 58.2 Å². The second-order valence-electron chi connectivity index (χ2n) is 7.52. The monoisotopic (exact) mass is 336 g/mol. The minimum absolute atomic E-state index is 0.210. The molecule has 4 nitrogen and oxygen atoms in total. The van der Waals surface area contributed by atoms with Crippen LogP contribution >= 0.6 is 11.6 Å². The molecule has 0 aliphatic rings. The quantitative estimate of drug-likeness (QED) is 0.826. The molecule has 126 valence electrons. The Morgan fingerprint density at radius 2 is 1.52 bits per heavy atom. The lowest BCUT2D eigenvalue weighted by Gasteiger charge is -2.24. The smallest absolute Gasteiger partial charge is 0.268 e. The van der Waals surface area contributed by atoms with Gasteiger partial charge >= 0.3 is 0 Å². The molecule has 0 heterocycles. The summed E-state index contributed by atoms with van der Waals surface area (Å²) in [5.41, 5.74) is -0.00571. The van der Waals surface area contributed by atoms with Gasteiger partial charge in [-0.15, -0.1) is 0 Å². The van der Waals surface area contributed by atoms with Gasteiger partial charge in [0, 0.05) is 16.0 Å². The molecule has 23 heavy (non-hydrogen) atoms. The summed E-state index contributed by atoms with van der Waals surface area (Å²) < 4.78 is 0. The van der Waals surface area contributed by atoms with Crippen LogP contribution in [-0.2, 0) is 9.59 Å². The Bertz CT molecular complexity index is 605. The number of benzene rings is 1. The highest BCUT2D eigenvalue weighted by Crippen LogP contribution is 2.16. The Morgan fingerprint density at radius 3 is 1.96 bits per heavy atom. The van der Waals surface area contributed by atoms with Crippen LogP contribution in [0.25, 0.3) is 6.08 Å². The third kappa shape index (κ3) is 6.87. The van der Waals surface area contributed by atoms with Crippen LogP contribution in [-0.4, -0.2) is 17.4 Å². The molecule has 0 atom stereocenters. The second-order valence-corrected chi connectivity index (χ2v) is 7.95. The van der Waals surface area contributed by atoms with Crippen molar-refractivity contribution < 1.29 is 9.59 Å².